The molecule has 7 nitrogen and oxygen atoms in total. The number of esters is 1. The number of morpholine rings is 1. The molecule has 2 aromatic carbocycles. The number of ether oxygens (including phenoxy) is 3. The highest BCUT2D eigenvalue weighted by molar-refractivity contribution is 6.05. The van der Waals surface area contributed by atoms with Crippen LogP contribution in [0.3, 0.4) is 0 Å². The molecule has 0 unspecified atom stereocenters. The van der Waals surface area contributed by atoms with Gasteiger partial charge in [-0.15, -0.1) is 0 Å². The van der Waals surface area contributed by atoms with Gasteiger partial charge in [-0.1, -0.05) is 18.2 Å². The van der Waals surface area contributed by atoms with Crippen LogP contribution in [-0.2, 0) is 22.6 Å². The number of fused-ring (bicyclic) bond motifs is 1. The number of carbonyl (C=O) groups excluding carboxylic acids is 2. The van der Waals surface area contributed by atoms with E-state index in [1.165, 1.54) is 12.7 Å². The zero-order valence-electron chi connectivity index (χ0n) is 17.1. The number of nitrogens with zero attached hydrogens (tertiary/aromatic N) is 2. The minimum absolute atomic E-state index is 0.203. The van der Waals surface area contributed by atoms with E-state index in [0.717, 1.165) is 44.2 Å². The predicted molar refractivity (Wildman–Crippen MR) is 111 cm³/mol. The van der Waals surface area contributed by atoms with Crippen LogP contribution in [0.25, 0.3) is 0 Å². The van der Waals surface area contributed by atoms with E-state index in [1.807, 2.05) is 6.07 Å². The van der Waals surface area contributed by atoms with Gasteiger partial charge in [-0.3, -0.25) is 9.69 Å². The fourth-order valence-corrected chi connectivity index (χ4v) is 3.86. The van der Waals surface area contributed by atoms with Gasteiger partial charge in [0, 0.05) is 31.7 Å². The number of hydrogen-bond donors (Lipinski definition) is 0. The summed E-state index contributed by atoms with van der Waals surface area (Å²) >= 11 is 0. The van der Waals surface area contributed by atoms with Gasteiger partial charge in [0.25, 0.3) is 5.91 Å². The molecule has 7 heteroatoms. The summed E-state index contributed by atoms with van der Waals surface area (Å²) in [6.45, 7) is 5.48. The third-order valence-electron chi connectivity index (χ3n) is 5.46. The molecule has 158 valence electrons. The Hall–Kier alpha value is -2.90. The molecule has 0 atom stereocenters. The molecule has 1 fully saturated rings. The van der Waals surface area contributed by atoms with Crippen LogP contribution in [-0.4, -0.2) is 68.2 Å². The van der Waals surface area contributed by atoms with E-state index in [-0.39, 0.29) is 11.5 Å². The van der Waals surface area contributed by atoms with E-state index < -0.39 is 5.97 Å². The summed E-state index contributed by atoms with van der Waals surface area (Å²) in [5, 5.41) is 0. The van der Waals surface area contributed by atoms with Crippen molar-refractivity contribution in [3.8, 4) is 5.75 Å². The first kappa shape index (κ1) is 20.4. The maximum Gasteiger partial charge on any atom is 0.338 e. The molecule has 0 spiro atoms. The zero-order chi connectivity index (χ0) is 20.9. The molecule has 0 radical (unpaired) electrons. The first-order valence-corrected chi connectivity index (χ1v) is 10.2. The fraction of sp³-hybridized carbons (Fsp3) is 0.391. The predicted octanol–water partition coefficient (Wildman–Crippen LogP) is 2.34. The molecular weight excluding hydrogens is 384 g/mol. The Balaban J connectivity index is 1.55. The molecule has 0 N–H and O–H groups in total. The highest BCUT2D eigenvalue weighted by atomic mass is 16.5. The molecule has 2 heterocycles. The summed E-state index contributed by atoms with van der Waals surface area (Å²) in [5.41, 5.74) is 2.78. The van der Waals surface area contributed by atoms with Crippen LogP contribution in [0, 0.1) is 0 Å². The van der Waals surface area contributed by atoms with Crippen molar-refractivity contribution >= 4 is 11.9 Å². The Kier molecular flexibility index (Phi) is 6.30. The number of rotatable bonds is 4. The van der Waals surface area contributed by atoms with Crippen molar-refractivity contribution in [1.29, 1.82) is 0 Å². The van der Waals surface area contributed by atoms with Gasteiger partial charge in [0.05, 0.1) is 38.0 Å². The number of carbonyl (C=O) groups is 2. The topological polar surface area (TPSA) is 68.3 Å². The van der Waals surface area contributed by atoms with E-state index in [0.29, 0.717) is 25.3 Å². The van der Waals surface area contributed by atoms with E-state index in [9.17, 15) is 9.59 Å². The van der Waals surface area contributed by atoms with Crippen molar-refractivity contribution in [3.05, 3.63) is 64.7 Å². The maximum atomic E-state index is 13.2. The fourth-order valence-electron chi connectivity index (χ4n) is 3.86. The average molecular weight is 410 g/mol. The molecule has 2 aromatic rings. The summed E-state index contributed by atoms with van der Waals surface area (Å²) in [6.07, 6.45) is 0. The highest BCUT2D eigenvalue weighted by Gasteiger charge is 2.25. The van der Waals surface area contributed by atoms with Crippen molar-refractivity contribution in [2.24, 2.45) is 0 Å². The van der Waals surface area contributed by atoms with Crippen LogP contribution in [0.5, 0.6) is 5.75 Å². The van der Waals surface area contributed by atoms with Crippen LogP contribution in [0.2, 0.25) is 0 Å². The van der Waals surface area contributed by atoms with Gasteiger partial charge in [0.1, 0.15) is 12.4 Å². The molecule has 2 aliphatic rings. The Labute approximate surface area is 176 Å². The van der Waals surface area contributed by atoms with E-state index >= 15 is 0 Å². The van der Waals surface area contributed by atoms with Gasteiger partial charge >= 0.3 is 5.97 Å². The van der Waals surface area contributed by atoms with Crippen LogP contribution in [0.15, 0.2) is 42.5 Å². The number of benzene rings is 2. The summed E-state index contributed by atoms with van der Waals surface area (Å²) in [7, 11) is 1.32. The van der Waals surface area contributed by atoms with Gasteiger partial charge in [0.15, 0.2) is 0 Å². The Bertz CT molecular complexity index is 924. The maximum absolute atomic E-state index is 13.2. The molecule has 30 heavy (non-hydrogen) atoms. The molecule has 0 aliphatic carbocycles. The van der Waals surface area contributed by atoms with Crippen molar-refractivity contribution in [3.63, 3.8) is 0 Å². The van der Waals surface area contributed by atoms with E-state index in [2.05, 4.69) is 17.0 Å². The van der Waals surface area contributed by atoms with Crippen molar-refractivity contribution in [2.75, 3.05) is 46.6 Å². The minimum Gasteiger partial charge on any atom is -0.491 e. The van der Waals surface area contributed by atoms with Crippen molar-refractivity contribution < 1.29 is 23.8 Å². The summed E-state index contributed by atoms with van der Waals surface area (Å²) in [4.78, 5) is 29.4. The quantitative estimate of drug-likeness (QED) is 0.721. The van der Waals surface area contributed by atoms with Crippen LogP contribution in [0.1, 0.15) is 31.8 Å². The summed E-state index contributed by atoms with van der Waals surface area (Å²) < 4.78 is 16.1. The van der Waals surface area contributed by atoms with E-state index in [1.54, 1.807) is 29.2 Å². The third-order valence-corrected chi connectivity index (χ3v) is 5.46. The smallest absolute Gasteiger partial charge is 0.338 e. The second-order valence-corrected chi connectivity index (χ2v) is 7.44. The van der Waals surface area contributed by atoms with Gasteiger partial charge in [-0.2, -0.15) is 0 Å². The first-order valence-electron chi connectivity index (χ1n) is 10.2. The lowest BCUT2D eigenvalue weighted by Crippen LogP contribution is -2.35. The standard InChI is InChI=1S/C23H26N2O5/c1-28-23(27)20-5-3-2-4-19(20)22(26)25-10-13-30-21-7-6-17(14-18(21)16-25)15-24-8-11-29-12-9-24/h2-7,14H,8-13,15-16H2,1H3. The number of hydrogen-bond acceptors (Lipinski definition) is 6. The number of amides is 1. The Morgan fingerprint density at radius 2 is 1.77 bits per heavy atom. The lowest BCUT2D eigenvalue weighted by atomic mass is 10.0. The summed E-state index contributed by atoms with van der Waals surface area (Å²) in [6, 6.07) is 12.9. The SMILES string of the molecule is COC(=O)c1ccccc1C(=O)N1CCOc2ccc(CN3CCOCC3)cc2C1. The van der Waals surface area contributed by atoms with Gasteiger partial charge in [-0.25, -0.2) is 4.79 Å². The molecule has 2 aliphatic heterocycles. The minimum atomic E-state index is -0.516. The van der Waals surface area contributed by atoms with Crippen molar-refractivity contribution in [2.45, 2.75) is 13.1 Å². The lowest BCUT2D eigenvalue weighted by molar-refractivity contribution is 0.0341. The van der Waals surface area contributed by atoms with Crippen LogP contribution < -0.4 is 4.74 Å². The molecular formula is C23H26N2O5. The molecule has 0 bridgehead atoms. The van der Waals surface area contributed by atoms with E-state index in [4.69, 9.17) is 14.2 Å². The third kappa shape index (κ3) is 4.47. The normalized spacial score (nSPS) is 16.9. The molecule has 4 rings (SSSR count). The van der Waals surface area contributed by atoms with Gasteiger partial charge in [0.2, 0.25) is 0 Å². The number of methoxy groups -OCH3 is 1. The lowest BCUT2D eigenvalue weighted by Gasteiger charge is -2.27. The van der Waals surface area contributed by atoms with Crippen molar-refractivity contribution in [1.82, 2.24) is 9.80 Å². The Morgan fingerprint density at radius 3 is 2.53 bits per heavy atom. The first-order chi connectivity index (χ1) is 14.7. The molecule has 1 amide bonds. The second-order valence-electron chi connectivity index (χ2n) is 7.44. The van der Waals surface area contributed by atoms with Crippen LogP contribution in [0.4, 0.5) is 0 Å². The second kappa shape index (κ2) is 9.28. The molecule has 0 aromatic heterocycles. The largest absolute Gasteiger partial charge is 0.491 e. The molecule has 1 saturated heterocycles. The van der Waals surface area contributed by atoms with Gasteiger partial charge < -0.3 is 19.1 Å². The monoisotopic (exact) mass is 410 g/mol. The van der Waals surface area contributed by atoms with Gasteiger partial charge in [-0.05, 0) is 29.8 Å². The summed E-state index contributed by atoms with van der Waals surface area (Å²) in [5.74, 6) is 0.0848. The highest BCUT2D eigenvalue weighted by Crippen LogP contribution is 2.26. The zero-order valence-corrected chi connectivity index (χ0v) is 17.1. The molecule has 0 saturated carbocycles. The Morgan fingerprint density at radius 1 is 1.00 bits per heavy atom. The van der Waals surface area contributed by atoms with Crippen LogP contribution >= 0.6 is 0 Å². The average Bonchev–Trinajstić information content (AvgIpc) is 3.01.